The smallest absolute Gasteiger partial charge is 0.248 e. The van der Waals surface area contributed by atoms with Crippen LogP contribution in [0, 0.1) is 6.92 Å². The number of aromatic nitrogens is 1. The number of carbonyl (C=O) groups excluding carboxylic acids is 4. The number of halogens is 1. The zero-order chi connectivity index (χ0) is 28.7. The van der Waals surface area contributed by atoms with E-state index in [0.29, 0.717) is 27.7 Å². The Labute approximate surface area is 232 Å². The molecule has 3 rings (SSSR count). The molecular weight excluding hydrogens is 522 g/mol. The van der Waals surface area contributed by atoms with Crippen LogP contribution < -0.4 is 20.9 Å². The molecule has 0 fully saturated rings. The summed E-state index contributed by atoms with van der Waals surface area (Å²) in [7, 11) is 0. The minimum Gasteiger partial charge on any atom is -0.360 e. The standard InChI is InChI=1S/C28H32ClN5O5/c1-17-16-23(33-39-17)31-24(36)14-15-25(37)34(20-12-10-19(11-13-20)30-18(2)35)26(27(38)32-28(3,4)5)21-8-6-7-9-22(21)29/h6-13,16,26H,14-15H2,1-5H3,(H,30,35)(H,32,38)(H,31,33,36). The van der Waals surface area contributed by atoms with Gasteiger partial charge < -0.3 is 20.5 Å². The second kappa shape index (κ2) is 12.6. The van der Waals surface area contributed by atoms with E-state index < -0.39 is 29.3 Å². The summed E-state index contributed by atoms with van der Waals surface area (Å²) in [6.45, 7) is 8.58. The van der Waals surface area contributed by atoms with Gasteiger partial charge in [0.15, 0.2) is 5.82 Å². The molecule has 0 radical (unpaired) electrons. The molecule has 206 valence electrons. The molecule has 0 saturated heterocycles. The predicted octanol–water partition coefficient (Wildman–Crippen LogP) is 5.00. The zero-order valence-corrected chi connectivity index (χ0v) is 23.3. The molecule has 3 aromatic rings. The number of hydrogen-bond donors (Lipinski definition) is 3. The van der Waals surface area contributed by atoms with E-state index in [1.807, 2.05) is 20.8 Å². The van der Waals surface area contributed by atoms with Gasteiger partial charge in [-0.25, -0.2) is 0 Å². The third-order valence-electron chi connectivity index (χ3n) is 5.40. The summed E-state index contributed by atoms with van der Waals surface area (Å²) in [5.74, 6) is -0.842. The molecule has 0 spiro atoms. The van der Waals surface area contributed by atoms with Crippen LogP contribution in [0.25, 0.3) is 0 Å². The summed E-state index contributed by atoms with van der Waals surface area (Å²) in [6, 6.07) is 13.7. The van der Waals surface area contributed by atoms with Gasteiger partial charge in [-0.1, -0.05) is 35.0 Å². The van der Waals surface area contributed by atoms with Gasteiger partial charge in [0.1, 0.15) is 11.8 Å². The minimum absolute atomic E-state index is 0.165. The largest absolute Gasteiger partial charge is 0.360 e. The van der Waals surface area contributed by atoms with Crippen molar-refractivity contribution in [2.24, 2.45) is 0 Å². The van der Waals surface area contributed by atoms with E-state index in [9.17, 15) is 19.2 Å². The van der Waals surface area contributed by atoms with E-state index in [0.717, 1.165) is 0 Å². The highest BCUT2D eigenvalue weighted by Crippen LogP contribution is 2.34. The first-order valence-electron chi connectivity index (χ1n) is 12.3. The zero-order valence-electron chi connectivity index (χ0n) is 22.5. The normalized spacial score (nSPS) is 11.8. The first-order chi connectivity index (χ1) is 18.3. The van der Waals surface area contributed by atoms with Crippen LogP contribution in [-0.4, -0.2) is 34.3 Å². The molecule has 2 aromatic carbocycles. The van der Waals surface area contributed by atoms with Crippen molar-refractivity contribution < 1.29 is 23.7 Å². The van der Waals surface area contributed by atoms with Crippen molar-refractivity contribution >= 4 is 52.4 Å². The van der Waals surface area contributed by atoms with Crippen LogP contribution in [-0.2, 0) is 19.2 Å². The molecular formula is C28H32ClN5O5. The van der Waals surface area contributed by atoms with Gasteiger partial charge in [-0.15, -0.1) is 0 Å². The topological polar surface area (TPSA) is 134 Å². The highest BCUT2D eigenvalue weighted by atomic mass is 35.5. The monoisotopic (exact) mass is 553 g/mol. The Balaban J connectivity index is 1.99. The Morgan fingerprint density at radius 3 is 2.23 bits per heavy atom. The molecule has 10 nitrogen and oxygen atoms in total. The molecule has 1 unspecified atom stereocenters. The first-order valence-corrected chi connectivity index (χ1v) is 12.7. The Morgan fingerprint density at radius 2 is 1.67 bits per heavy atom. The van der Waals surface area contributed by atoms with E-state index in [4.69, 9.17) is 16.1 Å². The summed E-state index contributed by atoms with van der Waals surface area (Å²) >= 11 is 6.53. The minimum atomic E-state index is -1.14. The Hall–Kier alpha value is -4.18. The molecule has 4 amide bonds. The maximum Gasteiger partial charge on any atom is 0.248 e. The highest BCUT2D eigenvalue weighted by Gasteiger charge is 2.35. The summed E-state index contributed by atoms with van der Waals surface area (Å²) in [5.41, 5.74) is 0.726. The number of rotatable bonds is 9. The van der Waals surface area contributed by atoms with Crippen LogP contribution >= 0.6 is 11.6 Å². The molecule has 0 aliphatic heterocycles. The van der Waals surface area contributed by atoms with Gasteiger partial charge >= 0.3 is 0 Å². The lowest BCUT2D eigenvalue weighted by Crippen LogP contribution is -2.49. The van der Waals surface area contributed by atoms with Crippen molar-refractivity contribution in [2.45, 2.75) is 59.0 Å². The van der Waals surface area contributed by atoms with Gasteiger partial charge in [0.05, 0.1) is 0 Å². The third kappa shape index (κ3) is 8.41. The maximum atomic E-state index is 13.8. The molecule has 1 aromatic heterocycles. The Morgan fingerprint density at radius 1 is 1.00 bits per heavy atom. The Kier molecular flexibility index (Phi) is 9.47. The lowest BCUT2D eigenvalue weighted by atomic mass is 10.00. The van der Waals surface area contributed by atoms with Crippen LogP contribution in [0.3, 0.4) is 0 Å². The summed E-state index contributed by atoms with van der Waals surface area (Å²) in [5, 5.41) is 12.2. The SMILES string of the molecule is CC(=O)Nc1ccc(N(C(=O)CCC(=O)Nc2cc(C)on2)C(C(=O)NC(C)(C)C)c2ccccc2Cl)cc1. The molecule has 3 N–H and O–H groups in total. The number of benzene rings is 2. The third-order valence-corrected chi connectivity index (χ3v) is 5.74. The maximum absolute atomic E-state index is 13.8. The van der Waals surface area contributed by atoms with Gasteiger partial charge in [0, 0.05) is 53.3 Å². The van der Waals surface area contributed by atoms with Crippen LogP contribution in [0.15, 0.2) is 59.1 Å². The quantitative estimate of drug-likeness (QED) is 0.341. The Bertz CT molecular complexity index is 1350. The van der Waals surface area contributed by atoms with Crippen molar-refractivity contribution in [3.05, 3.63) is 70.9 Å². The summed E-state index contributed by atoms with van der Waals surface area (Å²) in [4.78, 5) is 52.8. The number of nitrogens with one attached hydrogen (secondary N) is 3. The van der Waals surface area contributed by atoms with Crippen LogP contribution in [0.1, 0.15) is 57.9 Å². The fourth-order valence-corrected chi connectivity index (χ4v) is 4.09. The highest BCUT2D eigenvalue weighted by molar-refractivity contribution is 6.31. The van der Waals surface area contributed by atoms with Crippen molar-refractivity contribution in [3.63, 3.8) is 0 Å². The molecule has 1 atom stereocenters. The number of nitrogens with zero attached hydrogens (tertiary/aromatic N) is 2. The molecule has 39 heavy (non-hydrogen) atoms. The number of amides is 4. The number of carbonyl (C=O) groups is 4. The average Bonchev–Trinajstić information content (AvgIpc) is 3.25. The molecule has 0 aliphatic carbocycles. The van der Waals surface area contributed by atoms with E-state index in [2.05, 4.69) is 21.1 Å². The first kappa shape index (κ1) is 29.4. The van der Waals surface area contributed by atoms with E-state index >= 15 is 0 Å². The van der Waals surface area contributed by atoms with Gasteiger partial charge in [-0.3, -0.25) is 24.1 Å². The number of aryl methyl sites for hydroxylation is 1. The summed E-state index contributed by atoms with van der Waals surface area (Å²) < 4.78 is 4.96. The number of anilines is 3. The van der Waals surface area contributed by atoms with Crippen LogP contribution in [0.4, 0.5) is 17.2 Å². The van der Waals surface area contributed by atoms with Gasteiger partial charge in [-0.05, 0) is 58.0 Å². The second-order valence-corrected chi connectivity index (χ2v) is 10.4. The molecule has 0 aliphatic rings. The fraction of sp³-hybridized carbons (Fsp3) is 0.321. The molecule has 0 bridgehead atoms. The van der Waals surface area contributed by atoms with Gasteiger partial charge in [-0.2, -0.15) is 0 Å². The second-order valence-electron chi connectivity index (χ2n) is 10.0. The molecule has 0 saturated carbocycles. The summed E-state index contributed by atoms with van der Waals surface area (Å²) in [6.07, 6.45) is -0.374. The van der Waals surface area contributed by atoms with Crippen molar-refractivity contribution in [1.82, 2.24) is 10.5 Å². The predicted molar refractivity (Wildman–Crippen MR) is 149 cm³/mol. The van der Waals surface area contributed by atoms with Crippen molar-refractivity contribution in [1.29, 1.82) is 0 Å². The van der Waals surface area contributed by atoms with Crippen LogP contribution in [0.5, 0.6) is 0 Å². The van der Waals surface area contributed by atoms with Gasteiger partial charge in [0.2, 0.25) is 23.6 Å². The lowest BCUT2D eigenvalue weighted by Gasteiger charge is -2.34. The van der Waals surface area contributed by atoms with E-state index in [-0.39, 0.29) is 24.6 Å². The van der Waals surface area contributed by atoms with E-state index in [1.54, 1.807) is 61.5 Å². The molecule has 11 heteroatoms. The van der Waals surface area contributed by atoms with E-state index in [1.165, 1.54) is 11.8 Å². The van der Waals surface area contributed by atoms with Crippen LogP contribution in [0.2, 0.25) is 5.02 Å². The lowest BCUT2D eigenvalue weighted by molar-refractivity contribution is -0.128. The van der Waals surface area contributed by atoms with Crippen molar-refractivity contribution in [2.75, 3.05) is 15.5 Å². The van der Waals surface area contributed by atoms with Crippen molar-refractivity contribution in [3.8, 4) is 0 Å². The fourth-order valence-electron chi connectivity index (χ4n) is 3.85. The number of hydrogen-bond acceptors (Lipinski definition) is 6. The molecule has 1 heterocycles. The van der Waals surface area contributed by atoms with Gasteiger partial charge in [0.25, 0.3) is 0 Å². The average molecular weight is 554 g/mol.